The van der Waals surface area contributed by atoms with Gasteiger partial charge in [0.2, 0.25) is 0 Å². The molecule has 5 heterocycles. The van der Waals surface area contributed by atoms with Gasteiger partial charge in [-0.05, 0) is 122 Å². The molecule has 0 amide bonds. The molecule has 3 aromatic rings. The Bertz CT molecular complexity index is 1890. The van der Waals surface area contributed by atoms with Crippen LogP contribution in [0.2, 0.25) is 0 Å². The van der Waals surface area contributed by atoms with E-state index < -0.39 is 0 Å². The van der Waals surface area contributed by atoms with Crippen molar-refractivity contribution in [1.82, 2.24) is 19.9 Å². The third-order valence-electron chi connectivity index (χ3n) is 17.6. The first kappa shape index (κ1) is 66.7. The standard InChI is InChI=1S/C72H116N4.Zn/c1-9-17-25-33-41-57(42-34-26-18-10-2)69-61-49-51-63(73-61)70(58(43-35-27-19-11-3)44-36-28-20-12-4)65-53-55-67(75-65)72(60(47-39-31-23-15-7)48-40-32-24-16-8)68-56-54-66(76-68)71(64-52-50-62(69)74-64)59(45-37-29-21-13-5)46-38-30-22-14-6;/h49-60H,9-48H2,1-8H3;/q-2;+2. The van der Waals surface area contributed by atoms with Crippen molar-refractivity contribution in [2.45, 2.75) is 336 Å². The zero-order valence-electron chi connectivity index (χ0n) is 51.7. The molecule has 0 aliphatic carbocycles. The van der Waals surface area contributed by atoms with Crippen LogP contribution >= 0.6 is 0 Å². The van der Waals surface area contributed by atoms with Crippen molar-refractivity contribution < 1.29 is 19.5 Å². The molecule has 5 heteroatoms. The summed E-state index contributed by atoms with van der Waals surface area (Å²) in [6.45, 7) is 18.8. The second-order valence-electron chi connectivity index (χ2n) is 24.1. The number of hydrogen-bond acceptors (Lipinski definition) is 2. The van der Waals surface area contributed by atoms with Gasteiger partial charge in [0.15, 0.2) is 0 Å². The maximum absolute atomic E-state index is 5.96. The predicted octanol–water partition coefficient (Wildman–Crippen LogP) is 24.0. The van der Waals surface area contributed by atoms with Gasteiger partial charge in [-0.2, -0.15) is 0 Å². The van der Waals surface area contributed by atoms with Crippen molar-refractivity contribution in [3.8, 4) is 0 Å². The van der Waals surface area contributed by atoms with Crippen LogP contribution in [0.1, 0.15) is 381 Å². The molecule has 77 heavy (non-hydrogen) atoms. The van der Waals surface area contributed by atoms with Crippen LogP contribution in [-0.4, -0.2) is 9.97 Å². The molecule has 2 aliphatic rings. The van der Waals surface area contributed by atoms with E-state index in [0.717, 1.165) is 0 Å². The van der Waals surface area contributed by atoms with Gasteiger partial charge in [0, 0.05) is 0 Å². The molecule has 0 atom stereocenters. The fraction of sp³-hybridized carbons (Fsp3) is 0.722. The Hall–Kier alpha value is -2.78. The molecule has 0 fully saturated rings. The van der Waals surface area contributed by atoms with Gasteiger partial charge in [0.25, 0.3) is 0 Å². The monoisotopic (exact) mass is 1100 g/mol. The summed E-state index contributed by atoms with van der Waals surface area (Å²) in [7, 11) is 0. The molecule has 0 saturated carbocycles. The second kappa shape index (κ2) is 40.4. The Labute approximate surface area is 488 Å². The van der Waals surface area contributed by atoms with Crippen LogP contribution in [-0.2, 0) is 19.5 Å². The molecule has 0 spiro atoms. The number of nitrogens with zero attached hydrogens (tertiary/aromatic N) is 4. The average Bonchev–Trinajstić information content (AvgIpc) is 4.29. The first-order valence-electron chi connectivity index (χ1n) is 33.5. The van der Waals surface area contributed by atoms with Gasteiger partial charge in [-0.25, -0.2) is 9.97 Å². The number of rotatable bonds is 44. The summed E-state index contributed by atoms with van der Waals surface area (Å²) in [5.41, 5.74) is 14.9. The van der Waals surface area contributed by atoms with Gasteiger partial charge >= 0.3 is 19.5 Å². The Morgan fingerprint density at radius 3 is 0.584 bits per heavy atom. The Morgan fingerprint density at radius 2 is 0.429 bits per heavy atom. The van der Waals surface area contributed by atoms with Crippen molar-refractivity contribution in [3.63, 3.8) is 0 Å². The van der Waals surface area contributed by atoms with Crippen LogP contribution in [0.3, 0.4) is 0 Å². The molecule has 0 unspecified atom stereocenters. The van der Waals surface area contributed by atoms with Crippen molar-refractivity contribution >= 4 is 46.4 Å². The summed E-state index contributed by atoms with van der Waals surface area (Å²) in [6.07, 6.45) is 60.4. The van der Waals surface area contributed by atoms with Gasteiger partial charge < -0.3 is 9.97 Å². The minimum atomic E-state index is 0. The van der Waals surface area contributed by atoms with E-state index in [4.69, 9.17) is 19.9 Å². The summed E-state index contributed by atoms with van der Waals surface area (Å²) in [4.78, 5) is 23.8. The van der Waals surface area contributed by atoms with E-state index >= 15 is 0 Å². The molecule has 0 N–H and O–H groups in total. The van der Waals surface area contributed by atoms with Crippen LogP contribution in [0.25, 0.3) is 46.4 Å². The molecule has 426 valence electrons. The molecule has 3 aromatic heterocycles. The van der Waals surface area contributed by atoms with Crippen LogP contribution in [0.5, 0.6) is 0 Å². The van der Waals surface area contributed by atoms with Crippen LogP contribution in [0, 0.1) is 0 Å². The van der Waals surface area contributed by atoms with E-state index in [0.29, 0.717) is 23.7 Å². The van der Waals surface area contributed by atoms with E-state index in [9.17, 15) is 0 Å². The normalized spacial score (nSPS) is 12.4. The molecule has 0 aromatic carbocycles. The van der Waals surface area contributed by atoms with Crippen molar-refractivity contribution in [2.24, 2.45) is 0 Å². The minimum Gasteiger partial charge on any atom is -0.657 e. The average molecular weight is 1100 g/mol. The first-order valence-corrected chi connectivity index (χ1v) is 33.5. The smallest absolute Gasteiger partial charge is 0.657 e. The van der Waals surface area contributed by atoms with Crippen LogP contribution < -0.4 is 9.97 Å². The molecule has 0 radical (unpaired) electrons. The fourth-order valence-electron chi connectivity index (χ4n) is 13.1. The zero-order valence-corrected chi connectivity index (χ0v) is 54.7. The van der Waals surface area contributed by atoms with Crippen molar-refractivity contribution in [1.29, 1.82) is 0 Å². The van der Waals surface area contributed by atoms with Crippen LogP contribution in [0.4, 0.5) is 0 Å². The van der Waals surface area contributed by atoms with Gasteiger partial charge in [0.1, 0.15) is 0 Å². The fourth-order valence-corrected chi connectivity index (χ4v) is 13.1. The molecule has 0 saturated heterocycles. The minimum absolute atomic E-state index is 0. The summed E-state index contributed by atoms with van der Waals surface area (Å²) in [6, 6.07) is 9.71. The maximum atomic E-state index is 5.96. The molecule has 2 aliphatic heterocycles. The molecule has 8 bridgehead atoms. The van der Waals surface area contributed by atoms with E-state index in [1.165, 1.54) is 324 Å². The third-order valence-corrected chi connectivity index (χ3v) is 17.6. The Kier molecular flexibility index (Phi) is 35.0. The number of aromatic nitrogens is 4. The van der Waals surface area contributed by atoms with E-state index in [1.54, 1.807) is 0 Å². The van der Waals surface area contributed by atoms with E-state index in [-0.39, 0.29) is 19.5 Å². The largest absolute Gasteiger partial charge is 2.00 e. The summed E-state index contributed by atoms with van der Waals surface area (Å²) in [5, 5.41) is 0. The summed E-state index contributed by atoms with van der Waals surface area (Å²) >= 11 is 0. The zero-order chi connectivity index (χ0) is 54.0. The van der Waals surface area contributed by atoms with Gasteiger partial charge in [-0.1, -0.05) is 285 Å². The Morgan fingerprint density at radius 1 is 0.260 bits per heavy atom. The van der Waals surface area contributed by atoms with Crippen molar-refractivity contribution in [3.05, 3.63) is 69.3 Å². The molecule has 4 nitrogen and oxygen atoms in total. The Balaban J connectivity index is 0.0000128. The van der Waals surface area contributed by atoms with E-state index in [1.807, 2.05) is 0 Å². The predicted molar refractivity (Wildman–Crippen MR) is 338 cm³/mol. The van der Waals surface area contributed by atoms with Crippen LogP contribution in [0.15, 0.2) is 24.3 Å². The summed E-state index contributed by atoms with van der Waals surface area (Å²) in [5.74, 6) is 1.66. The molecular weight excluding hydrogens is 986 g/mol. The molecular formula is C72H116N4Zn. The number of hydrogen-bond donors (Lipinski definition) is 0. The number of fused-ring (bicyclic) bond motifs is 8. The second-order valence-corrected chi connectivity index (χ2v) is 24.1. The van der Waals surface area contributed by atoms with Gasteiger partial charge in [-0.15, -0.1) is 22.1 Å². The summed E-state index contributed by atoms with van der Waals surface area (Å²) < 4.78 is 0. The topological polar surface area (TPSA) is 54.0 Å². The number of unbranched alkanes of at least 4 members (excludes halogenated alkanes) is 24. The van der Waals surface area contributed by atoms with E-state index in [2.05, 4.69) is 104 Å². The first-order chi connectivity index (χ1) is 37.5. The maximum Gasteiger partial charge on any atom is 2.00 e. The van der Waals surface area contributed by atoms with Gasteiger partial charge in [-0.3, -0.25) is 0 Å². The quantitative estimate of drug-likeness (QED) is 0.0288. The third kappa shape index (κ3) is 22.2. The van der Waals surface area contributed by atoms with Crippen molar-refractivity contribution in [2.75, 3.05) is 0 Å². The SMILES string of the molecule is CCCCCCC(CCCCCC)c1c2nc(c(C(CCCCCC)CCCCCC)c3ccc([n-]3)c(C(CCCCCC)CCCCCC)c3nc(c(C(CCCCCC)CCCCCC)c4ccc1[n-]4)C=C3)C=C2.[Zn+2]. The van der Waals surface area contributed by atoms with Gasteiger partial charge in [0.05, 0.1) is 22.8 Å². The molecule has 5 rings (SSSR count).